The third-order valence-corrected chi connectivity index (χ3v) is 4.84. The number of pyridine rings is 1. The molecule has 0 aromatic carbocycles. The van der Waals surface area contributed by atoms with Crippen molar-refractivity contribution in [3.8, 4) is 11.9 Å². The highest BCUT2D eigenvalue weighted by Crippen LogP contribution is 2.28. The maximum Gasteiger partial charge on any atom is 0.490 e. The van der Waals surface area contributed by atoms with Gasteiger partial charge >= 0.3 is 12.1 Å². The van der Waals surface area contributed by atoms with Crippen LogP contribution < -0.4 is 5.32 Å². The number of aromatic nitrogens is 3. The van der Waals surface area contributed by atoms with Crippen LogP contribution in [0, 0.1) is 11.3 Å². The summed E-state index contributed by atoms with van der Waals surface area (Å²) in [5.41, 5.74) is 1.91. The van der Waals surface area contributed by atoms with Crippen LogP contribution in [-0.2, 0) is 11.3 Å². The summed E-state index contributed by atoms with van der Waals surface area (Å²) in [5, 5.41) is 23.5. The van der Waals surface area contributed by atoms with Gasteiger partial charge in [-0.05, 0) is 26.0 Å². The third-order valence-electron chi connectivity index (χ3n) is 4.84. The Kier molecular flexibility index (Phi) is 5.75. The van der Waals surface area contributed by atoms with Gasteiger partial charge in [0, 0.05) is 24.2 Å². The van der Waals surface area contributed by atoms with Gasteiger partial charge in [-0.25, -0.2) is 14.5 Å². The highest BCUT2D eigenvalue weighted by Gasteiger charge is 2.39. The number of amides is 1. The average Bonchev–Trinajstić information content (AvgIpc) is 3.40. The summed E-state index contributed by atoms with van der Waals surface area (Å²) in [6.07, 6.45) is -1.03. The van der Waals surface area contributed by atoms with Crippen molar-refractivity contribution in [1.82, 2.24) is 25.0 Å². The van der Waals surface area contributed by atoms with Crippen LogP contribution in [0.25, 0.3) is 5.82 Å². The van der Waals surface area contributed by atoms with E-state index in [2.05, 4.69) is 22.3 Å². The monoisotopic (exact) mass is 422 g/mol. The molecular formula is C18H17F3N6O3. The predicted molar refractivity (Wildman–Crippen MR) is 95.5 cm³/mol. The van der Waals surface area contributed by atoms with E-state index < -0.39 is 12.1 Å². The van der Waals surface area contributed by atoms with Crippen LogP contribution in [0.4, 0.5) is 13.2 Å². The van der Waals surface area contributed by atoms with Gasteiger partial charge in [-0.3, -0.25) is 4.79 Å². The number of aliphatic carboxylic acids is 1. The fourth-order valence-corrected chi connectivity index (χ4v) is 3.35. The number of hydrogen-bond acceptors (Lipinski definition) is 6. The number of alkyl halides is 3. The molecule has 2 aliphatic heterocycles. The van der Waals surface area contributed by atoms with Gasteiger partial charge in [0.2, 0.25) is 0 Å². The molecule has 1 fully saturated rings. The van der Waals surface area contributed by atoms with E-state index in [4.69, 9.17) is 15.2 Å². The number of carbonyl (C=O) groups is 2. The molecule has 2 N–H and O–H groups in total. The zero-order chi connectivity index (χ0) is 22.1. The molecule has 2 aromatic heterocycles. The van der Waals surface area contributed by atoms with Crippen LogP contribution in [-0.4, -0.2) is 61.5 Å². The van der Waals surface area contributed by atoms with Gasteiger partial charge in [0.25, 0.3) is 5.91 Å². The van der Waals surface area contributed by atoms with Crippen molar-refractivity contribution in [1.29, 1.82) is 5.26 Å². The summed E-state index contributed by atoms with van der Waals surface area (Å²) in [5.74, 6) is -2.22. The molecule has 9 nitrogen and oxygen atoms in total. The van der Waals surface area contributed by atoms with E-state index >= 15 is 0 Å². The van der Waals surface area contributed by atoms with Gasteiger partial charge in [0.05, 0.1) is 18.0 Å². The molecule has 0 bridgehead atoms. The second-order valence-corrected chi connectivity index (χ2v) is 6.80. The topological polar surface area (TPSA) is 124 Å². The molecule has 0 saturated carbocycles. The number of carboxylic acid groups (broad SMARTS) is 1. The van der Waals surface area contributed by atoms with Crippen molar-refractivity contribution < 1.29 is 27.9 Å². The van der Waals surface area contributed by atoms with Crippen LogP contribution in [0.15, 0.2) is 24.5 Å². The van der Waals surface area contributed by atoms with Gasteiger partial charge in [0.1, 0.15) is 11.8 Å². The molecule has 2 aliphatic rings. The first-order valence-corrected chi connectivity index (χ1v) is 8.91. The summed E-state index contributed by atoms with van der Waals surface area (Å²) >= 11 is 0. The van der Waals surface area contributed by atoms with E-state index in [0.717, 1.165) is 18.5 Å². The Morgan fingerprint density at radius 2 is 2.10 bits per heavy atom. The minimum Gasteiger partial charge on any atom is -0.475 e. The molecule has 1 amide bonds. The van der Waals surface area contributed by atoms with Crippen molar-refractivity contribution in [3.63, 3.8) is 0 Å². The second-order valence-electron chi connectivity index (χ2n) is 6.80. The maximum atomic E-state index is 12.7. The van der Waals surface area contributed by atoms with Crippen LogP contribution in [0.3, 0.4) is 0 Å². The first-order valence-electron chi connectivity index (χ1n) is 8.91. The van der Waals surface area contributed by atoms with Gasteiger partial charge in [-0.1, -0.05) is 6.07 Å². The molecule has 2 aromatic rings. The largest absolute Gasteiger partial charge is 0.490 e. The Bertz CT molecular complexity index is 1010. The van der Waals surface area contributed by atoms with Crippen LogP contribution >= 0.6 is 0 Å². The fraction of sp³-hybridized carbons (Fsp3) is 0.389. The number of carboxylic acids is 1. The summed E-state index contributed by atoms with van der Waals surface area (Å²) in [7, 11) is 0. The van der Waals surface area contributed by atoms with Crippen molar-refractivity contribution in [3.05, 3.63) is 41.3 Å². The molecular weight excluding hydrogens is 405 g/mol. The zero-order valence-corrected chi connectivity index (χ0v) is 15.7. The zero-order valence-electron chi connectivity index (χ0n) is 15.7. The molecule has 1 saturated heterocycles. The Labute approximate surface area is 168 Å². The molecule has 0 unspecified atom stereocenters. The molecule has 2 atom stereocenters. The lowest BCUT2D eigenvalue weighted by Crippen LogP contribution is -2.42. The number of halogens is 3. The summed E-state index contributed by atoms with van der Waals surface area (Å²) in [6.45, 7) is 3.66. The molecule has 12 heteroatoms. The van der Waals surface area contributed by atoms with E-state index in [1.165, 1.54) is 10.9 Å². The number of hydrogen-bond donors (Lipinski definition) is 2. The first kappa shape index (κ1) is 21.3. The van der Waals surface area contributed by atoms with Crippen molar-refractivity contribution in [2.24, 2.45) is 0 Å². The molecule has 0 aliphatic carbocycles. The molecule has 0 spiro atoms. The summed E-state index contributed by atoms with van der Waals surface area (Å²) < 4.78 is 33.3. The SMILES string of the molecule is C[C@H]1NCC[C@H]1N1Cc2ccc(-n3cc(C#N)cn3)nc2C1=O.O=C(O)C(F)(F)F. The molecule has 4 heterocycles. The lowest BCUT2D eigenvalue weighted by molar-refractivity contribution is -0.192. The fourth-order valence-electron chi connectivity index (χ4n) is 3.35. The maximum absolute atomic E-state index is 12.7. The number of rotatable bonds is 2. The molecule has 4 rings (SSSR count). The Hall–Kier alpha value is -3.46. The number of nitriles is 1. The lowest BCUT2D eigenvalue weighted by Gasteiger charge is -2.26. The van der Waals surface area contributed by atoms with Crippen molar-refractivity contribution >= 4 is 11.9 Å². The highest BCUT2D eigenvalue weighted by molar-refractivity contribution is 5.97. The van der Waals surface area contributed by atoms with Gasteiger partial charge in [0.15, 0.2) is 5.82 Å². The highest BCUT2D eigenvalue weighted by atomic mass is 19.4. The minimum absolute atomic E-state index is 0.0185. The van der Waals surface area contributed by atoms with Crippen LogP contribution in [0.5, 0.6) is 0 Å². The Balaban J connectivity index is 0.000000318. The molecule has 30 heavy (non-hydrogen) atoms. The number of nitrogens with one attached hydrogen (secondary N) is 1. The van der Waals surface area contributed by atoms with E-state index in [1.807, 2.05) is 23.1 Å². The van der Waals surface area contributed by atoms with E-state index in [0.29, 0.717) is 29.7 Å². The number of carbonyl (C=O) groups excluding carboxylic acids is 1. The van der Waals surface area contributed by atoms with E-state index in [-0.39, 0.29) is 11.9 Å². The molecule has 158 valence electrons. The first-order chi connectivity index (χ1) is 14.1. The summed E-state index contributed by atoms with van der Waals surface area (Å²) in [4.78, 5) is 28.0. The van der Waals surface area contributed by atoms with Gasteiger partial charge in [-0.15, -0.1) is 0 Å². The minimum atomic E-state index is -5.08. The molecule has 0 radical (unpaired) electrons. The quantitative estimate of drug-likeness (QED) is 0.751. The average molecular weight is 422 g/mol. The Morgan fingerprint density at radius 1 is 1.40 bits per heavy atom. The van der Waals surface area contributed by atoms with Crippen molar-refractivity contribution in [2.75, 3.05) is 6.54 Å². The van der Waals surface area contributed by atoms with Crippen molar-refractivity contribution in [2.45, 2.75) is 38.1 Å². The second kappa shape index (κ2) is 8.11. The number of fused-ring (bicyclic) bond motifs is 1. The van der Waals surface area contributed by atoms with E-state index in [9.17, 15) is 18.0 Å². The van der Waals surface area contributed by atoms with Gasteiger partial charge < -0.3 is 15.3 Å². The summed E-state index contributed by atoms with van der Waals surface area (Å²) in [6, 6.07) is 6.31. The number of nitrogens with zero attached hydrogens (tertiary/aromatic N) is 5. The van der Waals surface area contributed by atoms with E-state index in [1.54, 1.807) is 6.20 Å². The predicted octanol–water partition coefficient (Wildman–Crippen LogP) is 1.48. The standard InChI is InChI=1S/C16H16N6O.C2HF3O2/c1-10-13(4-5-18-10)21-9-12-2-3-14(20-15(12)16(21)23)22-8-11(6-17)7-19-22;3-2(4,5)1(6)7/h2-3,7-8,10,13,18H,4-5,9H2,1H3;(H,6,7)/t10-,13-;/m1./s1. The lowest BCUT2D eigenvalue weighted by atomic mass is 10.1. The Morgan fingerprint density at radius 3 is 2.63 bits per heavy atom. The van der Waals surface area contributed by atoms with Gasteiger partial charge in [-0.2, -0.15) is 23.5 Å². The normalized spacial score (nSPS) is 20.4. The smallest absolute Gasteiger partial charge is 0.475 e. The van der Waals surface area contributed by atoms with Crippen LogP contribution in [0.2, 0.25) is 0 Å². The third kappa shape index (κ3) is 4.25. The van der Waals surface area contributed by atoms with Crippen LogP contribution in [0.1, 0.15) is 35.0 Å².